The fourth-order valence-corrected chi connectivity index (χ4v) is 7.78. The van der Waals surface area contributed by atoms with Gasteiger partial charge in [-0.2, -0.15) is 11.8 Å². The van der Waals surface area contributed by atoms with Crippen LogP contribution >= 0.6 is 11.8 Å². The summed E-state index contributed by atoms with van der Waals surface area (Å²) in [4.78, 5) is 41.2. The number of thioether (sulfide) groups is 1. The topological polar surface area (TPSA) is 182 Å². The van der Waals surface area contributed by atoms with Crippen molar-refractivity contribution in [3.05, 3.63) is 87.9 Å². The van der Waals surface area contributed by atoms with E-state index in [9.17, 15) is 39.9 Å². The predicted molar refractivity (Wildman–Crippen MR) is 151 cm³/mol. The minimum Gasteiger partial charge on any atom is -0.510 e. The van der Waals surface area contributed by atoms with Crippen LogP contribution in [-0.4, -0.2) is 85.0 Å². The third-order valence-electron chi connectivity index (χ3n) is 8.63. The van der Waals surface area contributed by atoms with E-state index in [1.54, 1.807) is 26.1 Å². The van der Waals surface area contributed by atoms with Crippen LogP contribution in [0.25, 0.3) is 0 Å². The fraction of sp³-hybridized carbons (Fsp3) is 0.367. The molecular weight excluding hydrogens is 548 g/mol. The zero-order valence-corrected chi connectivity index (χ0v) is 23.3. The molecule has 0 bridgehead atoms. The number of fused-ring (bicyclic) bond motifs is 3. The Bertz CT molecular complexity index is 1490. The van der Waals surface area contributed by atoms with E-state index < -0.39 is 75.6 Å². The highest BCUT2D eigenvalue weighted by molar-refractivity contribution is 7.98. The molecule has 10 nitrogen and oxygen atoms in total. The Labute approximate surface area is 240 Å². The summed E-state index contributed by atoms with van der Waals surface area (Å²) in [6, 6.07) is 13.0. The zero-order valence-electron chi connectivity index (χ0n) is 22.5. The average Bonchev–Trinajstić information content (AvgIpc) is 2.94. The van der Waals surface area contributed by atoms with Crippen LogP contribution in [0.4, 0.5) is 0 Å². The SMILES string of the molecule is CCN(C)[C@@H]1C(O)=C(C(N)=O)C(=O)[C@@]2(O)C(O)=C3C(=O)c4c(O)cccc4C(CSCc4ccccc4)C3C(O)C12. The lowest BCUT2D eigenvalue weighted by Crippen LogP contribution is -2.69. The number of carbonyl (C=O) groups excluding carboxylic acids is 3. The standard InChI is InChI=1S/C30H32N2O8S/c1-3-32(2)23-22-25(35)19-16(13-41-12-14-8-5-4-6-9-14)15-10-7-11-17(33)18(15)24(34)20(19)27(37)30(22,40)28(38)21(26(23)36)29(31)39/h4-11,16,19,22-23,25,33,35-37,40H,3,12-13H2,1-2H3,(H2,31,39)/t16?,19?,22?,23-,25?,30-/m0/s1. The fourth-order valence-electron chi connectivity index (χ4n) is 6.59. The summed E-state index contributed by atoms with van der Waals surface area (Å²) in [5.41, 5.74) is 2.57. The molecule has 1 amide bonds. The Morgan fingerprint density at radius 2 is 1.76 bits per heavy atom. The molecule has 5 rings (SSSR count). The molecule has 11 heteroatoms. The predicted octanol–water partition coefficient (Wildman–Crippen LogP) is 1.96. The second kappa shape index (κ2) is 10.6. The van der Waals surface area contributed by atoms with Gasteiger partial charge in [0.1, 0.15) is 22.8 Å². The Morgan fingerprint density at radius 1 is 1.07 bits per heavy atom. The van der Waals surface area contributed by atoms with Crippen molar-refractivity contribution in [3.8, 4) is 5.75 Å². The summed E-state index contributed by atoms with van der Waals surface area (Å²) in [7, 11) is 1.56. The van der Waals surface area contributed by atoms with Crippen molar-refractivity contribution < 1.29 is 39.9 Å². The first-order valence-electron chi connectivity index (χ1n) is 13.3. The number of primary amides is 1. The highest BCUT2D eigenvalue weighted by Gasteiger charge is 2.67. The van der Waals surface area contributed by atoms with E-state index in [0.29, 0.717) is 17.1 Å². The molecular formula is C30H32N2O8S. The molecule has 3 aliphatic carbocycles. The Kier molecular flexibility index (Phi) is 7.49. The summed E-state index contributed by atoms with van der Waals surface area (Å²) in [5, 5.41) is 57.3. The number of aliphatic hydroxyl groups is 4. The van der Waals surface area contributed by atoms with Crippen molar-refractivity contribution in [1.82, 2.24) is 4.90 Å². The molecule has 0 aromatic heterocycles. The quantitative estimate of drug-likeness (QED) is 0.265. The van der Waals surface area contributed by atoms with Crippen molar-refractivity contribution in [2.24, 2.45) is 17.6 Å². The molecule has 0 saturated heterocycles. The molecule has 2 aromatic rings. The van der Waals surface area contributed by atoms with E-state index in [-0.39, 0.29) is 17.9 Å². The van der Waals surface area contributed by atoms with Crippen LogP contribution in [0.15, 0.2) is 71.2 Å². The monoisotopic (exact) mass is 580 g/mol. The summed E-state index contributed by atoms with van der Waals surface area (Å²) < 4.78 is 0. The molecule has 6 atom stereocenters. The summed E-state index contributed by atoms with van der Waals surface area (Å²) >= 11 is 1.52. The number of benzene rings is 2. The van der Waals surface area contributed by atoms with Gasteiger partial charge in [0.15, 0.2) is 11.4 Å². The molecule has 0 saturated carbocycles. The van der Waals surface area contributed by atoms with Crippen LogP contribution in [0.2, 0.25) is 0 Å². The number of rotatable bonds is 7. The Morgan fingerprint density at radius 3 is 2.39 bits per heavy atom. The maximum Gasteiger partial charge on any atom is 0.255 e. The maximum atomic E-state index is 13.9. The van der Waals surface area contributed by atoms with Crippen molar-refractivity contribution in [3.63, 3.8) is 0 Å². The van der Waals surface area contributed by atoms with E-state index >= 15 is 0 Å². The molecule has 0 fully saturated rings. The number of amides is 1. The largest absolute Gasteiger partial charge is 0.510 e. The minimum absolute atomic E-state index is 0.0936. The van der Waals surface area contributed by atoms with Gasteiger partial charge in [-0.15, -0.1) is 0 Å². The Balaban J connectivity index is 1.70. The smallest absolute Gasteiger partial charge is 0.255 e. The van der Waals surface area contributed by atoms with E-state index in [1.807, 2.05) is 30.3 Å². The van der Waals surface area contributed by atoms with E-state index in [2.05, 4.69) is 0 Å². The van der Waals surface area contributed by atoms with Gasteiger partial charge in [0.2, 0.25) is 5.78 Å². The minimum atomic E-state index is -2.94. The van der Waals surface area contributed by atoms with Crippen molar-refractivity contribution in [2.45, 2.75) is 36.3 Å². The lowest BCUT2D eigenvalue weighted by molar-refractivity contribution is -0.162. The van der Waals surface area contributed by atoms with Crippen LogP contribution in [-0.2, 0) is 15.3 Å². The molecule has 41 heavy (non-hydrogen) atoms. The molecule has 7 N–H and O–H groups in total. The normalized spacial score (nSPS) is 29.3. The number of phenolic OH excluding ortho intramolecular Hbond substituents is 1. The summed E-state index contributed by atoms with van der Waals surface area (Å²) in [6.07, 6.45) is -1.63. The number of nitrogens with two attached hydrogens (primary N) is 1. The molecule has 3 aliphatic rings. The first-order valence-corrected chi connectivity index (χ1v) is 14.4. The number of Topliss-reactive ketones (excluding diaryl/α,β-unsaturated/α-hetero) is 2. The number of carbonyl (C=O) groups is 3. The first kappa shape index (κ1) is 28.9. The van der Waals surface area contributed by atoms with Crippen molar-refractivity contribution >= 4 is 29.2 Å². The second-order valence-corrected chi connectivity index (χ2v) is 11.8. The van der Waals surface area contributed by atoms with Crippen LogP contribution < -0.4 is 5.73 Å². The molecule has 4 unspecified atom stereocenters. The molecule has 0 spiro atoms. The van der Waals surface area contributed by atoms with Gasteiger partial charge in [0.25, 0.3) is 5.91 Å². The number of aromatic hydroxyl groups is 1. The lowest BCUT2D eigenvalue weighted by Gasteiger charge is -2.54. The number of aliphatic hydroxyl groups excluding tert-OH is 3. The van der Waals surface area contributed by atoms with E-state index in [0.717, 1.165) is 5.56 Å². The highest BCUT2D eigenvalue weighted by atomic mass is 32.2. The van der Waals surface area contributed by atoms with Gasteiger partial charge in [0.05, 0.1) is 23.6 Å². The van der Waals surface area contributed by atoms with Crippen LogP contribution in [0.1, 0.15) is 34.3 Å². The molecule has 2 aromatic carbocycles. The number of nitrogens with zero attached hydrogens (tertiary/aromatic N) is 1. The van der Waals surface area contributed by atoms with Gasteiger partial charge in [-0.25, -0.2) is 0 Å². The van der Waals surface area contributed by atoms with Gasteiger partial charge in [-0.05, 0) is 30.8 Å². The molecule has 0 aliphatic heterocycles. The lowest BCUT2D eigenvalue weighted by atomic mass is 9.55. The van der Waals surface area contributed by atoms with Gasteiger partial charge < -0.3 is 31.3 Å². The number of ketones is 2. The number of likely N-dealkylation sites (N-methyl/N-ethyl adjacent to an activating group) is 1. The third-order valence-corrected chi connectivity index (χ3v) is 9.76. The Hall–Kier alpha value is -3.64. The summed E-state index contributed by atoms with van der Waals surface area (Å²) in [6.45, 7) is 2.00. The third kappa shape index (κ3) is 4.26. The molecule has 0 radical (unpaired) electrons. The van der Waals surface area contributed by atoms with E-state index in [4.69, 9.17) is 5.73 Å². The van der Waals surface area contributed by atoms with Crippen LogP contribution in [0.5, 0.6) is 5.75 Å². The van der Waals surface area contributed by atoms with E-state index in [1.165, 1.54) is 22.7 Å². The van der Waals surface area contributed by atoms with Gasteiger partial charge in [-0.3, -0.25) is 19.3 Å². The van der Waals surface area contributed by atoms with Gasteiger partial charge in [-0.1, -0.05) is 49.4 Å². The number of hydrogen-bond donors (Lipinski definition) is 6. The first-order chi connectivity index (χ1) is 19.5. The highest BCUT2D eigenvalue weighted by Crippen LogP contribution is 2.56. The summed E-state index contributed by atoms with van der Waals surface area (Å²) in [5.74, 6) is -7.98. The molecule has 0 heterocycles. The van der Waals surface area contributed by atoms with Crippen molar-refractivity contribution in [1.29, 1.82) is 0 Å². The average molecular weight is 581 g/mol. The van der Waals surface area contributed by atoms with Crippen LogP contribution in [0.3, 0.4) is 0 Å². The second-order valence-electron chi connectivity index (χ2n) is 10.7. The van der Waals surface area contributed by atoms with Gasteiger partial charge >= 0.3 is 0 Å². The van der Waals surface area contributed by atoms with Crippen LogP contribution in [0, 0.1) is 11.8 Å². The molecule has 216 valence electrons. The number of phenols is 1. The van der Waals surface area contributed by atoms with Gasteiger partial charge in [0, 0.05) is 28.9 Å². The van der Waals surface area contributed by atoms with Crippen molar-refractivity contribution in [2.75, 3.05) is 19.3 Å². The number of hydrogen-bond acceptors (Lipinski definition) is 10. The maximum absolute atomic E-state index is 13.9. The zero-order chi connectivity index (χ0) is 29.8.